The molecule has 0 spiro atoms. The fourth-order valence-corrected chi connectivity index (χ4v) is 4.58. The van der Waals surface area contributed by atoms with E-state index in [0.29, 0.717) is 22.9 Å². The second-order valence-electron chi connectivity index (χ2n) is 5.67. The standard InChI is InChI=1S/C15H17ClN2O2S/c1-9-10(16)4-3-5-11(9)17-14(20)12-8-21-15(2)7-6-13(19)18(12)15/h3-5,12H,6-8H2,1-2H3,(H,17,20)/t12-,15+/m1/s1. The van der Waals surface area contributed by atoms with Crippen molar-refractivity contribution in [3.63, 3.8) is 0 Å². The summed E-state index contributed by atoms with van der Waals surface area (Å²) in [5.41, 5.74) is 1.55. The fourth-order valence-electron chi connectivity index (χ4n) is 2.97. The van der Waals surface area contributed by atoms with Crippen LogP contribution in [0.2, 0.25) is 5.02 Å². The van der Waals surface area contributed by atoms with Gasteiger partial charge in [-0.25, -0.2) is 0 Å². The van der Waals surface area contributed by atoms with Crippen molar-refractivity contribution in [1.82, 2.24) is 4.90 Å². The summed E-state index contributed by atoms with van der Waals surface area (Å²) < 4.78 is 0. The number of thioether (sulfide) groups is 1. The van der Waals surface area contributed by atoms with Gasteiger partial charge in [0.1, 0.15) is 6.04 Å². The quantitative estimate of drug-likeness (QED) is 0.909. The Labute approximate surface area is 133 Å². The molecule has 1 aromatic rings. The Kier molecular flexibility index (Phi) is 3.66. The van der Waals surface area contributed by atoms with Crippen LogP contribution in [0.1, 0.15) is 25.3 Å². The van der Waals surface area contributed by atoms with E-state index in [0.717, 1.165) is 12.0 Å². The average Bonchev–Trinajstić information content (AvgIpc) is 2.92. The van der Waals surface area contributed by atoms with E-state index >= 15 is 0 Å². The molecule has 21 heavy (non-hydrogen) atoms. The highest BCUT2D eigenvalue weighted by Gasteiger charge is 2.52. The Morgan fingerprint density at radius 2 is 2.29 bits per heavy atom. The fraction of sp³-hybridized carbons (Fsp3) is 0.467. The van der Waals surface area contributed by atoms with E-state index in [9.17, 15) is 9.59 Å². The van der Waals surface area contributed by atoms with Crippen LogP contribution in [0.4, 0.5) is 5.69 Å². The number of carbonyl (C=O) groups is 2. The number of nitrogens with zero attached hydrogens (tertiary/aromatic N) is 1. The molecule has 2 atom stereocenters. The van der Waals surface area contributed by atoms with Crippen LogP contribution < -0.4 is 5.32 Å². The predicted molar refractivity (Wildman–Crippen MR) is 85.5 cm³/mol. The summed E-state index contributed by atoms with van der Waals surface area (Å²) in [5.74, 6) is 0.588. The zero-order valence-electron chi connectivity index (χ0n) is 12.0. The minimum atomic E-state index is -0.395. The molecule has 0 aromatic heterocycles. The van der Waals surface area contributed by atoms with E-state index in [2.05, 4.69) is 5.32 Å². The molecule has 112 valence electrons. The summed E-state index contributed by atoms with van der Waals surface area (Å²) >= 11 is 7.76. The van der Waals surface area contributed by atoms with Gasteiger partial charge in [-0.2, -0.15) is 0 Å². The lowest BCUT2D eigenvalue weighted by atomic mass is 10.1. The highest BCUT2D eigenvalue weighted by molar-refractivity contribution is 8.01. The summed E-state index contributed by atoms with van der Waals surface area (Å²) in [4.78, 5) is 26.1. The molecule has 2 fully saturated rings. The van der Waals surface area contributed by atoms with Crippen LogP contribution >= 0.6 is 23.4 Å². The molecule has 2 aliphatic rings. The summed E-state index contributed by atoms with van der Waals surface area (Å²) in [6.07, 6.45) is 1.35. The molecular formula is C15H17ClN2O2S. The average molecular weight is 325 g/mol. The van der Waals surface area contributed by atoms with Crippen molar-refractivity contribution in [2.75, 3.05) is 11.1 Å². The molecule has 0 aliphatic carbocycles. The Morgan fingerprint density at radius 3 is 3.05 bits per heavy atom. The molecule has 3 rings (SSSR count). The molecule has 4 nitrogen and oxygen atoms in total. The van der Waals surface area contributed by atoms with Gasteiger partial charge in [-0.05, 0) is 38.0 Å². The van der Waals surface area contributed by atoms with Gasteiger partial charge in [0, 0.05) is 22.9 Å². The van der Waals surface area contributed by atoms with Crippen molar-refractivity contribution >= 4 is 40.9 Å². The molecule has 2 amide bonds. The third-order valence-corrected chi connectivity index (χ3v) is 6.19. The zero-order valence-corrected chi connectivity index (χ0v) is 13.6. The maximum Gasteiger partial charge on any atom is 0.248 e. The molecule has 2 aliphatic heterocycles. The van der Waals surface area contributed by atoms with Gasteiger partial charge in [0.15, 0.2) is 0 Å². The second kappa shape index (κ2) is 5.21. The third-order valence-electron chi connectivity index (χ3n) is 4.27. The molecule has 0 saturated carbocycles. The van der Waals surface area contributed by atoms with Crippen LogP contribution in [-0.4, -0.2) is 33.4 Å². The molecule has 0 unspecified atom stereocenters. The minimum Gasteiger partial charge on any atom is -0.324 e. The molecule has 6 heteroatoms. The molecule has 0 radical (unpaired) electrons. The van der Waals surface area contributed by atoms with Gasteiger partial charge in [0.25, 0.3) is 0 Å². The second-order valence-corrected chi connectivity index (χ2v) is 7.58. The van der Waals surface area contributed by atoms with Gasteiger partial charge in [0.05, 0.1) is 4.87 Å². The lowest BCUT2D eigenvalue weighted by Gasteiger charge is -2.30. The Balaban J connectivity index is 1.80. The molecule has 1 N–H and O–H groups in total. The topological polar surface area (TPSA) is 49.4 Å². The van der Waals surface area contributed by atoms with Crippen LogP contribution in [0.15, 0.2) is 18.2 Å². The summed E-state index contributed by atoms with van der Waals surface area (Å²) in [6, 6.07) is 5.03. The van der Waals surface area contributed by atoms with E-state index < -0.39 is 6.04 Å². The van der Waals surface area contributed by atoms with Crippen molar-refractivity contribution in [2.24, 2.45) is 0 Å². The van der Waals surface area contributed by atoms with Gasteiger partial charge in [-0.3, -0.25) is 9.59 Å². The first-order valence-electron chi connectivity index (χ1n) is 6.94. The van der Waals surface area contributed by atoms with Crippen molar-refractivity contribution in [3.8, 4) is 0 Å². The van der Waals surface area contributed by atoms with Crippen LogP contribution in [0.3, 0.4) is 0 Å². The van der Waals surface area contributed by atoms with E-state index in [-0.39, 0.29) is 16.7 Å². The highest BCUT2D eigenvalue weighted by Crippen LogP contribution is 2.47. The molecule has 1 aromatic carbocycles. The number of hydrogen-bond donors (Lipinski definition) is 1. The van der Waals surface area contributed by atoms with Crippen LogP contribution in [-0.2, 0) is 9.59 Å². The summed E-state index contributed by atoms with van der Waals surface area (Å²) in [5, 5.41) is 3.53. The lowest BCUT2D eigenvalue weighted by Crippen LogP contribution is -2.48. The number of halogens is 1. The number of benzene rings is 1. The van der Waals surface area contributed by atoms with Crippen LogP contribution in [0, 0.1) is 6.92 Å². The maximum atomic E-state index is 12.5. The van der Waals surface area contributed by atoms with E-state index in [1.165, 1.54) is 0 Å². The number of hydrogen-bond acceptors (Lipinski definition) is 3. The minimum absolute atomic E-state index is 0.0745. The summed E-state index contributed by atoms with van der Waals surface area (Å²) in [6.45, 7) is 3.91. The number of nitrogens with one attached hydrogen (secondary N) is 1. The third kappa shape index (κ3) is 2.42. The Bertz CT molecular complexity index is 622. The van der Waals surface area contributed by atoms with Gasteiger partial charge >= 0.3 is 0 Å². The smallest absolute Gasteiger partial charge is 0.248 e. The first kappa shape index (κ1) is 14.7. The van der Waals surface area contributed by atoms with Crippen LogP contribution in [0.5, 0.6) is 0 Å². The van der Waals surface area contributed by atoms with Gasteiger partial charge in [-0.15, -0.1) is 11.8 Å². The van der Waals surface area contributed by atoms with E-state index in [1.54, 1.807) is 28.8 Å². The van der Waals surface area contributed by atoms with Gasteiger partial charge in [0.2, 0.25) is 11.8 Å². The van der Waals surface area contributed by atoms with E-state index in [1.807, 2.05) is 19.9 Å². The number of anilines is 1. The molecular weight excluding hydrogens is 308 g/mol. The van der Waals surface area contributed by atoms with Gasteiger partial charge < -0.3 is 10.2 Å². The Hall–Kier alpha value is -1.20. The SMILES string of the molecule is Cc1c(Cl)cccc1NC(=O)[C@H]1CS[C@@]2(C)CCC(=O)N12. The summed E-state index contributed by atoms with van der Waals surface area (Å²) in [7, 11) is 0. The zero-order chi connectivity index (χ0) is 15.2. The van der Waals surface area contributed by atoms with Crippen molar-refractivity contribution < 1.29 is 9.59 Å². The number of carbonyl (C=O) groups excluding carboxylic acids is 2. The largest absolute Gasteiger partial charge is 0.324 e. The highest BCUT2D eigenvalue weighted by atomic mass is 35.5. The molecule has 2 heterocycles. The molecule has 0 bridgehead atoms. The lowest BCUT2D eigenvalue weighted by molar-refractivity contribution is -0.135. The first-order chi connectivity index (χ1) is 9.92. The number of fused-ring (bicyclic) bond motifs is 1. The van der Waals surface area contributed by atoms with Crippen molar-refractivity contribution in [2.45, 2.75) is 37.6 Å². The van der Waals surface area contributed by atoms with Crippen LogP contribution in [0.25, 0.3) is 0 Å². The van der Waals surface area contributed by atoms with Gasteiger partial charge in [-0.1, -0.05) is 17.7 Å². The maximum absolute atomic E-state index is 12.5. The molecule has 2 saturated heterocycles. The van der Waals surface area contributed by atoms with Crippen molar-refractivity contribution in [1.29, 1.82) is 0 Å². The predicted octanol–water partition coefficient (Wildman–Crippen LogP) is 3.04. The number of rotatable bonds is 2. The Morgan fingerprint density at radius 1 is 1.52 bits per heavy atom. The first-order valence-corrected chi connectivity index (χ1v) is 8.31. The monoisotopic (exact) mass is 324 g/mol. The normalized spacial score (nSPS) is 27.9. The van der Waals surface area contributed by atoms with Crippen molar-refractivity contribution in [3.05, 3.63) is 28.8 Å². The van der Waals surface area contributed by atoms with E-state index in [4.69, 9.17) is 11.6 Å². The number of amides is 2.